The molecule has 0 atom stereocenters. The number of aromatic nitrogens is 2. The zero-order valence-electron chi connectivity index (χ0n) is 12.4. The van der Waals surface area contributed by atoms with E-state index in [4.69, 9.17) is 15.9 Å². The number of hydrogen-bond donors (Lipinski definition) is 3. The molecule has 116 valence electrons. The summed E-state index contributed by atoms with van der Waals surface area (Å²) in [5, 5.41) is 15.1. The van der Waals surface area contributed by atoms with Crippen molar-refractivity contribution < 1.29 is 9.53 Å². The number of esters is 1. The van der Waals surface area contributed by atoms with Crippen molar-refractivity contribution in [3.8, 4) is 0 Å². The summed E-state index contributed by atoms with van der Waals surface area (Å²) in [4.78, 5) is 11.6. The molecule has 1 aromatic heterocycles. The van der Waals surface area contributed by atoms with Crippen LogP contribution in [0.15, 0.2) is 17.6 Å². The first-order valence-electron chi connectivity index (χ1n) is 6.57. The SMILES string of the molecule is CCOC(=O)C(=N)/C(CC)=C(/N)NCc1cn(C)nc1I. The van der Waals surface area contributed by atoms with Crippen LogP contribution >= 0.6 is 22.6 Å². The van der Waals surface area contributed by atoms with Gasteiger partial charge in [0.2, 0.25) is 0 Å². The number of aryl methyl sites for hydroxylation is 1. The third-order valence-corrected chi connectivity index (χ3v) is 3.69. The number of hydrogen-bond acceptors (Lipinski definition) is 6. The average Bonchev–Trinajstić information content (AvgIpc) is 2.75. The van der Waals surface area contributed by atoms with Crippen LogP contribution in [0.2, 0.25) is 0 Å². The quantitative estimate of drug-likeness (QED) is 0.360. The maximum absolute atomic E-state index is 11.6. The Morgan fingerprint density at radius 3 is 2.71 bits per heavy atom. The van der Waals surface area contributed by atoms with Crippen molar-refractivity contribution in [3.63, 3.8) is 0 Å². The van der Waals surface area contributed by atoms with Crippen molar-refractivity contribution in [2.24, 2.45) is 12.8 Å². The van der Waals surface area contributed by atoms with Gasteiger partial charge in [0.05, 0.1) is 6.61 Å². The van der Waals surface area contributed by atoms with Crippen molar-refractivity contribution >= 4 is 34.3 Å². The van der Waals surface area contributed by atoms with Gasteiger partial charge in [-0.05, 0) is 35.9 Å². The van der Waals surface area contributed by atoms with E-state index in [2.05, 4.69) is 33.0 Å². The summed E-state index contributed by atoms with van der Waals surface area (Å²) in [6.07, 6.45) is 2.37. The van der Waals surface area contributed by atoms with Crippen molar-refractivity contribution in [2.75, 3.05) is 6.61 Å². The lowest BCUT2D eigenvalue weighted by Crippen LogP contribution is -2.28. The Labute approximate surface area is 137 Å². The van der Waals surface area contributed by atoms with E-state index in [0.717, 1.165) is 9.26 Å². The lowest BCUT2D eigenvalue weighted by molar-refractivity contribution is -0.135. The Hall–Kier alpha value is -1.58. The topological polar surface area (TPSA) is 106 Å². The molecule has 8 heteroatoms. The Kier molecular flexibility index (Phi) is 6.66. The Bertz CT molecular complexity index is 565. The smallest absolute Gasteiger partial charge is 0.356 e. The fraction of sp³-hybridized carbons (Fsp3) is 0.462. The van der Waals surface area contributed by atoms with Crippen LogP contribution in [-0.2, 0) is 23.1 Å². The number of nitrogens with zero attached hydrogens (tertiary/aromatic N) is 2. The van der Waals surface area contributed by atoms with Crippen molar-refractivity contribution in [1.82, 2.24) is 15.1 Å². The molecule has 0 aromatic carbocycles. The van der Waals surface area contributed by atoms with Crippen LogP contribution in [0.1, 0.15) is 25.8 Å². The van der Waals surface area contributed by atoms with E-state index in [9.17, 15) is 4.79 Å². The van der Waals surface area contributed by atoms with E-state index in [-0.39, 0.29) is 12.3 Å². The first-order valence-corrected chi connectivity index (χ1v) is 7.65. The van der Waals surface area contributed by atoms with Crippen LogP contribution in [0.4, 0.5) is 0 Å². The van der Waals surface area contributed by atoms with Crippen LogP contribution < -0.4 is 11.1 Å². The van der Waals surface area contributed by atoms with Crippen molar-refractivity contribution in [2.45, 2.75) is 26.8 Å². The van der Waals surface area contributed by atoms with E-state index in [0.29, 0.717) is 24.4 Å². The van der Waals surface area contributed by atoms with Gasteiger partial charge in [-0.25, -0.2) is 4.79 Å². The van der Waals surface area contributed by atoms with Gasteiger partial charge in [0.1, 0.15) is 15.2 Å². The van der Waals surface area contributed by atoms with Gasteiger partial charge in [-0.15, -0.1) is 0 Å². The molecule has 0 saturated heterocycles. The molecule has 0 saturated carbocycles. The zero-order valence-corrected chi connectivity index (χ0v) is 14.5. The molecule has 0 aliphatic carbocycles. The summed E-state index contributed by atoms with van der Waals surface area (Å²) in [5.74, 6) is -0.342. The van der Waals surface area contributed by atoms with E-state index in [1.165, 1.54) is 0 Å². The fourth-order valence-corrected chi connectivity index (χ4v) is 2.42. The molecule has 7 nitrogen and oxygen atoms in total. The molecule has 0 radical (unpaired) electrons. The van der Waals surface area contributed by atoms with Gasteiger partial charge in [0.25, 0.3) is 0 Å². The van der Waals surface area contributed by atoms with Crippen molar-refractivity contribution in [1.29, 1.82) is 5.41 Å². The number of carbonyl (C=O) groups is 1. The van der Waals surface area contributed by atoms with Gasteiger partial charge < -0.3 is 15.8 Å². The Morgan fingerprint density at radius 1 is 1.57 bits per heavy atom. The highest BCUT2D eigenvalue weighted by Crippen LogP contribution is 2.11. The number of halogens is 1. The number of carbonyl (C=O) groups excluding carboxylic acids is 1. The standard InChI is InChI=1S/C13H20IN5O2/c1-4-9(10(15)13(20)21-5-2)12(16)17-6-8-7-19(3)18-11(8)14/h7,15,17H,4-6,16H2,1-3H3/b12-9-,15-10?. The molecule has 0 unspecified atom stereocenters. The molecule has 0 spiro atoms. The lowest BCUT2D eigenvalue weighted by atomic mass is 10.1. The van der Waals surface area contributed by atoms with Gasteiger partial charge in [-0.3, -0.25) is 10.1 Å². The van der Waals surface area contributed by atoms with Crippen LogP contribution in [0.5, 0.6) is 0 Å². The highest BCUT2D eigenvalue weighted by Gasteiger charge is 2.17. The summed E-state index contributed by atoms with van der Waals surface area (Å²) < 4.78 is 7.43. The van der Waals surface area contributed by atoms with Crippen LogP contribution in [0.3, 0.4) is 0 Å². The second kappa shape index (κ2) is 8.01. The second-order valence-electron chi connectivity index (χ2n) is 4.31. The van der Waals surface area contributed by atoms with Gasteiger partial charge in [0, 0.05) is 30.9 Å². The summed E-state index contributed by atoms with van der Waals surface area (Å²) in [6.45, 7) is 4.26. The largest absolute Gasteiger partial charge is 0.461 e. The maximum atomic E-state index is 11.6. The third kappa shape index (κ3) is 4.73. The van der Waals surface area contributed by atoms with Crippen LogP contribution in [-0.4, -0.2) is 28.1 Å². The minimum absolute atomic E-state index is 0.203. The highest BCUT2D eigenvalue weighted by atomic mass is 127. The van der Waals surface area contributed by atoms with Gasteiger partial charge in [-0.1, -0.05) is 6.92 Å². The zero-order chi connectivity index (χ0) is 16.0. The van der Waals surface area contributed by atoms with Crippen molar-refractivity contribution in [3.05, 3.63) is 26.9 Å². The molecular weight excluding hydrogens is 385 g/mol. The van der Waals surface area contributed by atoms with Crippen LogP contribution in [0, 0.1) is 9.11 Å². The van der Waals surface area contributed by atoms with Crippen LogP contribution in [0.25, 0.3) is 0 Å². The molecule has 21 heavy (non-hydrogen) atoms. The first kappa shape index (κ1) is 17.5. The first-order chi connectivity index (χ1) is 9.90. The molecular formula is C13H20IN5O2. The summed E-state index contributed by atoms with van der Waals surface area (Å²) in [7, 11) is 1.85. The van der Waals surface area contributed by atoms with E-state index < -0.39 is 5.97 Å². The predicted molar refractivity (Wildman–Crippen MR) is 88.6 cm³/mol. The van der Waals surface area contributed by atoms with E-state index in [1.807, 2.05) is 20.2 Å². The molecule has 0 amide bonds. The molecule has 4 N–H and O–H groups in total. The number of nitrogens with two attached hydrogens (primary N) is 1. The number of ether oxygens (including phenoxy) is 1. The molecule has 1 rings (SSSR count). The molecule has 1 heterocycles. The normalized spacial score (nSPS) is 11.8. The summed E-state index contributed by atoms with van der Waals surface area (Å²) in [6, 6.07) is 0. The minimum Gasteiger partial charge on any atom is -0.461 e. The summed E-state index contributed by atoms with van der Waals surface area (Å²) >= 11 is 2.14. The molecule has 0 aliphatic rings. The molecule has 0 fully saturated rings. The lowest BCUT2D eigenvalue weighted by Gasteiger charge is -2.12. The fourth-order valence-electron chi connectivity index (χ4n) is 1.75. The maximum Gasteiger partial charge on any atom is 0.356 e. The molecule has 0 bridgehead atoms. The second-order valence-corrected chi connectivity index (χ2v) is 5.34. The predicted octanol–water partition coefficient (Wildman–Crippen LogP) is 1.28. The third-order valence-electron chi connectivity index (χ3n) is 2.78. The van der Waals surface area contributed by atoms with Gasteiger partial charge in [0.15, 0.2) is 0 Å². The highest BCUT2D eigenvalue weighted by molar-refractivity contribution is 14.1. The Morgan fingerprint density at radius 2 is 2.24 bits per heavy atom. The van der Waals surface area contributed by atoms with E-state index in [1.54, 1.807) is 11.6 Å². The van der Waals surface area contributed by atoms with Gasteiger partial charge >= 0.3 is 5.97 Å². The Balaban J connectivity index is 2.81. The van der Waals surface area contributed by atoms with E-state index >= 15 is 0 Å². The molecule has 0 aliphatic heterocycles. The van der Waals surface area contributed by atoms with Gasteiger partial charge in [-0.2, -0.15) is 5.10 Å². The monoisotopic (exact) mass is 405 g/mol. The number of nitrogens with one attached hydrogen (secondary N) is 2. The average molecular weight is 405 g/mol. The number of rotatable bonds is 7. The minimum atomic E-state index is -0.657. The summed E-state index contributed by atoms with van der Waals surface area (Å²) in [5.41, 5.74) is 7.21. The molecule has 1 aromatic rings.